The van der Waals surface area contributed by atoms with Crippen LogP contribution in [-0.2, 0) is 6.42 Å². The maximum absolute atomic E-state index is 5.96. The molecule has 0 saturated heterocycles. The maximum Gasteiger partial charge on any atom is 0.120 e. The van der Waals surface area contributed by atoms with Crippen LogP contribution in [0.5, 0.6) is 5.75 Å². The third-order valence-electron chi connectivity index (χ3n) is 2.59. The first-order chi connectivity index (χ1) is 7.79. The first-order valence-electron chi connectivity index (χ1n) is 5.26. The van der Waals surface area contributed by atoms with Crippen molar-refractivity contribution in [1.29, 1.82) is 0 Å². The number of hydrogen-bond acceptors (Lipinski definition) is 2. The van der Waals surface area contributed by atoms with E-state index in [9.17, 15) is 0 Å². The Hall–Kier alpha value is -1.96. The fourth-order valence-corrected chi connectivity index (χ4v) is 1.68. The fourth-order valence-electron chi connectivity index (χ4n) is 1.68. The Balaban J connectivity index is 2.22. The monoisotopic (exact) mass is 213 g/mol. The molecule has 0 aromatic heterocycles. The van der Waals surface area contributed by atoms with Gasteiger partial charge in [0.25, 0.3) is 0 Å². The zero-order chi connectivity index (χ0) is 11.4. The van der Waals surface area contributed by atoms with Gasteiger partial charge in [-0.3, -0.25) is 0 Å². The van der Waals surface area contributed by atoms with E-state index in [4.69, 9.17) is 10.5 Å². The highest BCUT2D eigenvalue weighted by Gasteiger charge is 2.02. The molecule has 2 N–H and O–H groups in total. The lowest BCUT2D eigenvalue weighted by Crippen LogP contribution is -1.96. The summed E-state index contributed by atoms with van der Waals surface area (Å²) in [5, 5.41) is 0. The van der Waals surface area contributed by atoms with Crippen LogP contribution in [0.25, 0.3) is 0 Å². The summed E-state index contributed by atoms with van der Waals surface area (Å²) in [7, 11) is 1.64. The predicted molar refractivity (Wildman–Crippen MR) is 66.7 cm³/mol. The van der Waals surface area contributed by atoms with Gasteiger partial charge in [0.2, 0.25) is 0 Å². The first-order valence-corrected chi connectivity index (χ1v) is 5.26. The standard InChI is InChI=1S/C14H15NO/c1-16-13-8-7-12(14(15)10-13)9-11-5-3-2-4-6-11/h2-8,10H,9,15H2,1H3. The molecular weight excluding hydrogens is 198 g/mol. The summed E-state index contributed by atoms with van der Waals surface area (Å²) in [6.07, 6.45) is 0.858. The van der Waals surface area contributed by atoms with E-state index in [0.717, 1.165) is 23.4 Å². The molecule has 0 spiro atoms. The van der Waals surface area contributed by atoms with Crippen LogP contribution in [0.4, 0.5) is 5.69 Å². The van der Waals surface area contributed by atoms with Gasteiger partial charge in [-0.1, -0.05) is 36.4 Å². The molecule has 0 bridgehead atoms. The predicted octanol–water partition coefficient (Wildman–Crippen LogP) is 2.87. The minimum absolute atomic E-state index is 0.781. The van der Waals surface area contributed by atoms with E-state index >= 15 is 0 Å². The fraction of sp³-hybridized carbons (Fsp3) is 0.143. The van der Waals surface area contributed by atoms with Crippen LogP contribution in [0.2, 0.25) is 0 Å². The molecule has 0 atom stereocenters. The molecule has 0 fully saturated rings. The van der Waals surface area contributed by atoms with E-state index in [1.54, 1.807) is 7.11 Å². The Morgan fingerprint density at radius 3 is 2.44 bits per heavy atom. The van der Waals surface area contributed by atoms with Gasteiger partial charge in [-0.2, -0.15) is 0 Å². The molecule has 0 radical (unpaired) electrons. The zero-order valence-electron chi connectivity index (χ0n) is 9.31. The smallest absolute Gasteiger partial charge is 0.120 e. The molecule has 0 aliphatic rings. The molecule has 0 aliphatic carbocycles. The van der Waals surface area contributed by atoms with E-state index in [1.807, 2.05) is 36.4 Å². The quantitative estimate of drug-likeness (QED) is 0.796. The second kappa shape index (κ2) is 4.71. The Kier molecular flexibility index (Phi) is 3.10. The number of anilines is 1. The second-order valence-corrected chi connectivity index (χ2v) is 3.73. The molecule has 0 saturated carbocycles. The number of ether oxygens (including phenoxy) is 1. The third kappa shape index (κ3) is 2.34. The van der Waals surface area contributed by atoms with Crippen molar-refractivity contribution in [1.82, 2.24) is 0 Å². The van der Waals surface area contributed by atoms with Gasteiger partial charge in [0.05, 0.1) is 7.11 Å². The average Bonchev–Trinajstić information content (AvgIpc) is 2.33. The van der Waals surface area contributed by atoms with Crippen LogP contribution in [-0.4, -0.2) is 7.11 Å². The van der Waals surface area contributed by atoms with Gasteiger partial charge in [-0.15, -0.1) is 0 Å². The number of rotatable bonds is 3. The van der Waals surface area contributed by atoms with Crippen LogP contribution in [0.3, 0.4) is 0 Å². The normalized spacial score (nSPS) is 10.1. The van der Waals surface area contributed by atoms with E-state index < -0.39 is 0 Å². The molecule has 82 valence electrons. The van der Waals surface area contributed by atoms with Crippen molar-refractivity contribution < 1.29 is 4.74 Å². The minimum Gasteiger partial charge on any atom is -0.497 e. The highest BCUT2D eigenvalue weighted by molar-refractivity contribution is 5.52. The molecule has 0 aliphatic heterocycles. The molecule has 2 rings (SSSR count). The Morgan fingerprint density at radius 2 is 1.81 bits per heavy atom. The first kappa shape index (κ1) is 10.6. The van der Waals surface area contributed by atoms with Gasteiger partial charge >= 0.3 is 0 Å². The Morgan fingerprint density at radius 1 is 1.06 bits per heavy atom. The number of benzene rings is 2. The molecule has 16 heavy (non-hydrogen) atoms. The zero-order valence-corrected chi connectivity index (χ0v) is 9.31. The van der Waals surface area contributed by atoms with Crippen LogP contribution in [0, 0.1) is 0 Å². The van der Waals surface area contributed by atoms with Crippen LogP contribution in [0.15, 0.2) is 48.5 Å². The molecule has 0 heterocycles. The topological polar surface area (TPSA) is 35.2 Å². The minimum atomic E-state index is 0.781. The third-order valence-corrected chi connectivity index (χ3v) is 2.59. The summed E-state index contributed by atoms with van der Waals surface area (Å²) >= 11 is 0. The molecule has 2 nitrogen and oxygen atoms in total. The van der Waals surface area contributed by atoms with E-state index in [-0.39, 0.29) is 0 Å². The molecule has 0 amide bonds. The molecule has 2 aromatic carbocycles. The summed E-state index contributed by atoms with van der Waals surface area (Å²) in [4.78, 5) is 0. The molecule has 2 heteroatoms. The van der Waals surface area contributed by atoms with Gasteiger partial charge in [0.15, 0.2) is 0 Å². The van der Waals surface area contributed by atoms with Crippen molar-refractivity contribution in [2.75, 3.05) is 12.8 Å². The SMILES string of the molecule is COc1ccc(Cc2ccccc2)c(N)c1. The molecule has 2 aromatic rings. The van der Waals surface area contributed by atoms with Gasteiger partial charge in [0, 0.05) is 11.8 Å². The van der Waals surface area contributed by atoms with Crippen molar-refractivity contribution in [3.05, 3.63) is 59.7 Å². The van der Waals surface area contributed by atoms with Gasteiger partial charge in [-0.25, -0.2) is 0 Å². The summed E-state index contributed by atoms with van der Waals surface area (Å²) in [6, 6.07) is 16.1. The molecule has 0 unspecified atom stereocenters. The van der Waals surface area contributed by atoms with E-state index in [2.05, 4.69) is 12.1 Å². The second-order valence-electron chi connectivity index (χ2n) is 3.73. The number of nitrogens with two attached hydrogens (primary N) is 1. The summed E-state index contributed by atoms with van der Waals surface area (Å²) < 4.78 is 5.12. The maximum atomic E-state index is 5.96. The summed E-state index contributed by atoms with van der Waals surface area (Å²) in [5.74, 6) is 0.800. The van der Waals surface area contributed by atoms with Gasteiger partial charge in [0.1, 0.15) is 5.75 Å². The number of methoxy groups -OCH3 is 1. The van der Waals surface area contributed by atoms with Gasteiger partial charge < -0.3 is 10.5 Å². The average molecular weight is 213 g/mol. The van der Waals surface area contributed by atoms with Crippen LogP contribution in [0.1, 0.15) is 11.1 Å². The van der Waals surface area contributed by atoms with Gasteiger partial charge in [-0.05, 0) is 23.6 Å². The lowest BCUT2D eigenvalue weighted by molar-refractivity contribution is 0.415. The lowest BCUT2D eigenvalue weighted by atomic mass is 10.0. The Bertz CT molecular complexity index is 465. The number of hydrogen-bond donors (Lipinski definition) is 1. The van der Waals surface area contributed by atoms with Crippen LogP contribution < -0.4 is 10.5 Å². The Labute approximate surface area is 95.7 Å². The van der Waals surface area contributed by atoms with Crippen molar-refractivity contribution in [2.45, 2.75) is 6.42 Å². The van der Waals surface area contributed by atoms with Crippen molar-refractivity contribution >= 4 is 5.69 Å². The summed E-state index contributed by atoms with van der Waals surface area (Å²) in [6.45, 7) is 0. The lowest BCUT2D eigenvalue weighted by Gasteiger charge is -2.07. The van der Waals surface area contributed by atoms with Crippen molar-refractivity contribution in [2.24, 2.45) is 0 Å². The van der Waals surface area contributed by atoms with E-state index in [1.165, 1.54) is 5.56 Å². The van der Waals surface area contributed by atoms with Crippen molar-refractivity contribution in [3.8, 4) is 5.75 Å². The van der Waals surface area contributed by atoms with Crippen LogP contribution >= 0.6 is 0 Å². The van der Waals surface area contributed by atoms with Crippen molar-refractivity contribution in [3.63, 3.8) is 0 Å². The van der Waals surface area contributed by atoms with E-state index in [0.29, 0.717) is 0 Å². The molecular formula is C14H15NO. The highest BCUT2D eigenvalue weighted by atomic mass is 16.5. The number of nitrogen functional groups attached to an aromatic ring is 1. The largest absolute Gasteiger partial charge is 0.497 e. The summed E-state index contributed by atoms with van der Waals surface area (Å²) in [5.41, 5.74) is 9.14. The highest BCUT2D eigenvalue weighted by Crippen LogP contribution is 2.21.